The van der Waals surface area contributed by atoms with E-state index in [9.17, 15) is 4.79 Å². The Morgan fingerprint density at radius 3 is 2.94 bits per heavy atom. The predicted octanol–water partition coefficient (Wildman–Crippen LogP) is 3.18. The largest absolute Gasteiger partial charge is 0.330 e. The molecule has 16 heavy (non-hydrogen) atoms. The van der Waals surface area contributed by atoms with Crippen LogP contribution in [-0.2, 0) is 6.54 Å². The zero-order valence-electron chi connectivity index (χ0n) is 8.23. The summed E-state index contributed by atoms with van der Waals surface area (Å²) < 4.78 is 2.51. The third-order valence-electron chi connectivity index (χ3n) is 2.13. The van der Waals surface area contributed by atoms with E-state index in [-0.39, 0.29) is 12.3 Å². The van der Waals surface area contributed by atoms with Crippen LogP contribution in [0, 0.1) is 0 Å². The first kappa shape index (κ1) is 11.4. The van der Waals surface area contributed by atoms with Crippen molar-refractivity contribution in [1.82, 2.24) is 9.55 Å². The van der Waals surface area contributed by atoms with Crippen molar-refractivity contribution in [3.8, 4) is 0 Å². The Bertz CT molecular complexity index is 511. The van der Waals surface area contributed by atoms with Gasteiger partial charge in [0.25, 0.3) is 0 Å². The van der Waals surface area contributed by atoms with Crippen LogP contribution in [0.2, 0.25) is 5.02 Å². The summed E-state index contributed by atoms with van der Waals surface area (Å²) in [5.74, 6) is 0.00685. The number of nitrogens with zero attached hydrogens (tertiary/aromatic N) is 2. The van der Waals surface area contributed by atoms with Crippen LogP contribution in [0.5, 0.6) is 0 Å². The van der Waals surface area contributed by atoms with Crippen molar-refractivity contribution in [3.63, 3.8) is 0 Å². The predicted molar refractivity (Wildman–Crippen MR) is 65.7 cm³/mol. The van der Waals surface area contributed by atoms with Crippen LogP contribution >= 0.6 is 27.5 Å². The van der Waals surface area contributed by atoms with Crippen LogP contribution in [0.25, 0.3) is 0 Å². The number of Topliss-reactive ketones (excluding diaryl/α,β-unsaturated/α-hetero) is 1. The minimum Gasteiger partial charge on any atom is -0.330 e. The fourth-order valence-corrected chi connectivity index (χ4v) is 1.73. The molecule has 3 nitrogen and oxygen atoms in total. The maximum absolute atomic E-state index is 11.9. The van der Waals surface area contributed by atoms with Crippen molar-refractivity contribution < 1.29 is 4.79 Å². The molecule has 82 valence electrons. The minimum atomic E-state index is 0.00685. The van der Waals surface area contributed by atoms with Gasteiger partial charge < -0.3 is 4.57 Å². The second kappa shape index (κ2) is 4.80. The van der Waals surface area contributed by atoms with Crippen molar-refractivity contribution in [2.24, 2.45) is 0 Å². The lowest BCUT2D eigenvalue weighted by Gasteiger charge is -2.03. The quantitative estimate of drug-likeness (QED) is 0.816. The summed E-state index contributed by atoms with van der Waals surface area (Å²) in [6.07, 6.45) is 5.00. The molecule has 0 aliphatic rings. The van der Waals surface area contributed by atoms with Gasteiger partial charge in [0, 0.05) is 22.4 Å². The molecule has 0 saturated carbocycles. The van der Waals surface area contributed by atoms with E-state index < -0.39 is 0 Å². The van der Waals surface area contributed by atoms with Gasteiger partial charge in [0.15, 0.2) is 5.78 Å². The molecule has 0 aliphatic heterocycles. The number of hydrogen-bond donors (Lipinski definition) is 0. The van der Waals surface area contributed by atoms with Crippen molar-refractivity contribution in [3.05, 3.63) is 52.0 Å². The number of hydrogen-bond acceptors (Lipinski definition) is 2. The average Bonchev–Trinajstić information content (AvgIpc) is 2.74. The highest BCUT2D eigenvalue weighted by Gasteiger charge is 2.08. The van der Waals surface area contributed by atoms with Crippen molar-refractivity contribution in [1.29, 1.82) is 0 Å². The first-order chi connectivity index (χ1) is 7.66. The molecule has 5 heteroatoms. The third-order valence-corrected chi connectivity index (χ3v) is 3.36. The lowest BCUT2D eigenvalue weighted by atomic mass is 10.1. The van der Waals surface area contributed by atoms with Gasteiger partial charge in [-0.2, -0.15) is 0 Å². The summed E-state index contributed by atoms with van der Waals surface area (Å²) >= 11 is 9.20. The van der Waals surface area contributed by atoms with E-state index in [4.69, 9.17) is 11.6 Å². The molecular formula is C11H8BrClN2O. The Balaban J connectivity index is 2.18. The van der Waals surface area contributed by atoms with E-state index in [0.717, 1.165) is 4.47 Å². The number of carbonyl (C=O) groups excluding carboxylic acids is 1. The Kier molecular flexibility index (Phi) is 3.41. The first-order valence-electron chi connectivity index (χ1n) is 4.61. The van der Waals surface area contributed by atoms with Gasteiger partial charge in [-0.25, -0.2) is 4.98 Å². The monoisotopic (exact) mass is 298 g/mol. The molecule has 0 bridgehead atoms. The fourth-order valence-electron chi connectivity index (χ4n) is 1.31. The number of imidazole rings is 1. The summed E-state index contributed by atoms with van der Waals surface area (Å²) in [6, 6.07) is 5.17. The number of benzene rings is 1. The van der Waals surface area contributed by atoms with Crippen molar-refractivity contribution in [2.45, 2.75) is 6.54 Å². The maximum atomic E-state index is 11.9. The van der Waals surface area contributed by atoms with Gasteiger partial charge >= 0.3 is 0 Å². The highest BCUT2D eigenvalue weighted by molar-refractivity contribution is 9.10. The molecule has 0 N–H and O–H groups in total. The van der Waals surface area contributed by atoms with Crippen LogP contribution in [0.1, 0.15) is 10.4 Å². The van der Waals surface area contributed by atoms with E-state index in [1.165, 1.54) is 0 Å². The second-order valence-corrected chi connectivity index (χ2v) is 4.55. The highest BCUT2D eigenvalue weighted by Crippen LogP contribution is 2.23. The van der Waals surface area contributed by atoms with Crippen molar-refractivity contribution in [2.75, 3.05) is 0 Å². The molecular weight excluding hydrogens is 291 g/mol. The fraction of sp³-hybridized carbons (Fsp3) is 0.0909. The van der Waals surface area contributed by atoms with Crippen LogP contribution in [-0.4, -0.2) is 15.3 Å². The second-order valence-electron chi connectivity index (χ2n) is 3.29. The summed E-state index contributed by atoms with van der Waals surface area (Å²) in [7, 11) is 0. The molecule has 0 spiro atoms. The van der Waals surface area contributed by atoms with E-state index in [1.807, 2.05) is 0 Å². The smallest absolute Gasteiger partial charge is 0.182 e. The van der Waals surface area contributed by atoms with Crippen LogP contribution < -0.4 is 0 Å². The molecule has 0 amide bonds. The standard InChI is InChI=1S/C11H8BrClN2O/c12-9-2-1-8(5-10(9)13)11(16)6-15-4-3-14-7-15/h1-5,7H,6H2. The number of carbonyl (C=O) groups is 1. The Morgan fingerprint density at radius 2 is 2.31 bits per heavy atom. The summed E-state index contributed by atoms with van der Waals surface area (Å²) in [5, 5.41) is 0.538. The molecule has 1 aromatic carbocycles. The molecule has 1 heterocycles. The Labute approximate surface area is 106 Å². The van der Waals surface area contributed by atoms with Gasteiger partial charge in [-0.1, -0.05) is 17.7 Å². The molecule has 2 rings (SSSR count). The number of aromatic nitrogens is 2. The van der Waals surface area contributed by atoms with Gasteiger partial charge in [-0.3, -0.25) is 4.79 Å². The van der Waals surface area contributed by atoms with Gasteiger partial charge in [-0.05, 0) is 28.1 Å². The zero-order chi connectivity index (χ0) is 11.5. The zero-order valence-corrected chi connectivity index (χ0v) is 10.6. The molecule has 0 radical (unpaired) electrons. The molecule has 0 saturated heterocycles. The van der Waals surface area contributed by atoms with Crippen LogP contribution in [0.3, 0.4) is 0 Å². The highest BCUT2D eigenvalue weighted by atomic mass is 79.9. The topological polar surface area (TPSA) is 34.9 Å². The van der Waals surface area contributed by atoms with E-state index in [2.05, 4.69) is 20.9 Å². The molecule has 2 aromatic rings. The van der Waals surface area contributed by atoms with Gasteiger partial charge in [0.05, 0.1) is 17.9 Å². The number of halogens is 2. The van der Waals surface area contributed by atoms with E-state index >= 15 is 0 Å². The number of ketones is 1. The number of rotatable bonds is 3. The summed E-state index contributed by atoms with van der Waals surface area (Å²) in [4.78, 5) is 15.7. The molecule has 1 aromatic heterocycles. The lowest BCUT2D eigenvalue weighted by molar-refractivity contribution is 0.0972. The third kappa shape index (κ3) is 2.51. The maximum Gasteiger partial charge on any atom is 0.182 e. The van der Waals surface area contributed by atoms with Crippen LogP contribution in [0.15, 0.2) is 41.4 Å². The SMILES string of the molecule is O=C(Cn1ccnc1)c1ccc(Br)c(Cl)c1. The average molecular weight is 300 g/mol. The van der Waals surface area contributed by atoms with Gasteiger partial charge in [0.1, 0.15) is 0 Å². The first-order valence-corrected chi connectivity index (χ1v) is 5.78. The summed E-state index contributed by atoms with van der Waals surface area (Å²) in [5.41, 5.74) is 0.599. The molecule has 0 fully saturated rings. The lowest BCUT2D eigenvalue weighted by Crippen LogP contribution is -2.08. The van der Waals surface area contributed by atoms with Gasteiger partial charge in [0.2, 0.25) is 0 Å². The molecule has 0 aliphatic carbocycles. The van der Waals surface area contributed by atoms with E-state index in [0.29, 0.717) is 10.6 Å². The normalized spacial score (nSPS) is 10.4. The summed E-state index contributed by atoms with van der Waals surface area (Å²) in [6.45, 7) is 0.276. The van der Waals surface area contributed by atoms with Crippen LogP contribution in [0.4, 0.5) is 0 Å². The van der Waals surface area contributed by atoms with Gasteiger partial charge in [-0.15, -0.1) is 0 Å². The van der Waals surface area contributed by atoms with Crippen molar-refractivity contribution >= 4 is 33.3 Å². The molecule has 0 unspecified atom stereocenters. The molecule has 0 atom stereocenters. The van der Waals surface area contributed by atoms with E-state index in [1.54, 1.807) is 41.5 Å². The Morgan fingerprint density at radius 1 is 1.50 bits per heavy atom. The Hall–Kier alpha value is -1.13. The minimum absolute atomic E-state index is 0.00685.